The van der Waals surface area contributed by atoms with Crippen molar-refractivity contribution in [1.29, 1.82) is 0 Å². The van der Waals surface area contributed by atoms with Crippen LogP contribution in [0.15, 0.2) is 36.5 Å². The molecule has 3 aliphatic heterocycles. The van der Waals surface area contributed by atoms with E-state index in [2.05, 4.69) is 21.7 Å². The van der Waals surface area contributed by atoms with Gasteiger partial charge in [-0.3, -0.25) is 14.6 Å². The summed E-state index contributed by atoms with van der Waals surface area (Å²) in [6, 6.07) is 8.43. The van der Waals surface area contributed by atoms with E-state index >= 15 is 0 Å². The van der Waals surface area contributed by atoms with Crippen LogP contribution in [0.3, 0.4) is 0 Å². The highest BCUT2D eigenvalue weighted by molar-refractivity contribution is 5.96. The number of carbonyl (C=O) groups is 2. The number of hydrogen-bond donors (Lipinski definition) is 0. The third kappa shape index (κ3) is 8.05. The Morgan fingerprint density at radius 2 is 1.80 bits per heavy atom. The van der Waals surface area contributed by atoms with Gasteiger partial charge in [0.05, 0.1) is 26.4 Å². The molecule has 1 aromatic carbocycles. The van der Waals surface area contributed by atoms with E-state index in [0.717, 1.165) is 17.7 Å². The molecule has 10 nitrogen and oxygen atoms in total. The second-order valence-corrected chi connectivity index (χ2v) is 13.2. The van der Waals surface area contributed by atoms with Crippen LogP contribution in [0.5, 0.6) is 5.88 Å². The summed E-state index contributed by atoms with van der Waals surface area (Å²) in [6.45, 7) is 14.9. The first-order valence-corrected chi connectivity index (χ1v) is 15.7. The summed E-state index contributed by atoms with van der Waals surface area (Å²) in [6.07, 6.45) is 2.68. The summed E-state index contributed by atoms with van der Waals surface area (Å²) in [5, 5.41) is 0. The molecule has 0 saturated carbocycles. The smallest absolute Gasteiger partial charge is 0.410 e. The number of aromatic nitrogens is 1. The molecule has 240 valence electrons. The number of rotatable bonds is 6. The molecule has 11 heteroatoms. The number of carbonyl (C=O) groups excluding carboxylic acids is 2. The molecule has 5 rings (SSSR count). The van der Waals surface area contributed by atoms with Crippen LogP contribution in [0.1, 0.15) is 52.2 Å². The fourth-order valence-electron chi connectivity index (χ4n) is 6.11. The summed E-state index contributed by atoms with van der Waals surface area (Å²) >= 11 is 0. The van der Waals surface area contributed by atoms with E-state index in [1.54, 1.807) is 23.2 Å². The first-order chi connectivity index (χ1) is 21.0. The third-order valence-electron chi connectivity index (χ3n) is 8.44. The zero-order chi connectivity index (χ0) is 31.4. The van der Waals surface area contributed by atoms with Gasteiger partial charge in [0.2, 0.25) is 11.8 Å². The Balaban J connectivity index is 1.35. The highest BCUT2D eigenvalue weighted by Crippen LogP contribution is 2.31. The number of morpholine rings is 1. The number of pyridine rings is 1. The number of benzene rings is 1. The standard InChI is InChI=1S/C33H46FN5O5/c1-23-18-37(28(19-36-12-14-42-22-24(36)2)20-39(23)32(41)44-33(3,4)5)21-30(40)38-11-6-13-43-31-29(38)16-26(17-35-31)15-25-7-9-27(34)10-8-25/h7-10,16-17,23-24,28H,6,11-15,18-22H2,1-5H3/t23-,24-,28+/m1/s1. The average Bonchev–Trinajstić information content (AvgIpc) is 3.18. The van der Waals surface area contributed by atoms with Gasteiger partial charge in [0.15, 0.2) is 0 Å². The Labute approximate surface area is 260 Å². The Bertz CT molecular complexity index is 1300. The number of halogens is 1. The molecule has 0 unspecified atom stereocenters. The van der Waals surface area contributed by atoms with Crippen molar-refractivity contribution in [2.75, 3.05) is 64.0 Å². The summed E-state index contributed by atoms with van der Waals surface area (Å²) in [4.78, 5) is 40.1. The first kappa shape index (κ1) is 32.1. The van der Waals surface area contributed by atoms with Crippen molar-refractivity contribution < 1.29 is 28.2 Å². The molecule has 1 aromatic heterocycles. The molecular formula is C33H46FN5O5. The van der Waals surface area contributed by atoms with E-state index in [9.17, 15) is 14.0 Å². The molecule has 3 aliphatic rings. The molecule has 4 heterocycles. The quantitative estimate of drug-likeness (QED) is 0.486. The van der Waals surface area contributed by atoms with Crippen molar-refractivity contribution >= 4 is 17.7 Å². The largest absolute Gasteiger partial charge is 0.476 e. The van der Waals surface area contributed by atoms with Gasteiger partial charge in [0, 0.05) is 57.0 Å². The summed E-state index contributed by atoms with van der Waals surface area (Å²) in [5.41, 5.74) is 1.94. The fraction of sp³-hybridized carbons (Fsp3) is 0.606. The van der Waals surface area contributed by atoms with Crippen LogP contribution in [0.4, 0.5) is 14.9 Å². The van der Waals surface area contributed by atoms with Crippen LogP contribution in [-0.2, 0) is 20.7 Å². The molecule has 0 spiro atoms. The molecule has 2 aromatic rings. The van der Waals surface area contributed by atoms with Crippen LogP contribution in [0, 0.1) is 5.82 Å². The molecule has 2 saturated heterocycles. The van der Waals surface area contributed by atoms with Gasteiger partial charge >= 0.3 is 6.09 Å². The zero-order valence-corrected chi connectivity index (χ0v) is 26.6. The Morgan fingerprint density at radius 1 is 1.02 bits per heavy atom. The van der Waals surface area contributed by atoms with E-state index in [0.29, 0.717) is 70.4 Å². The predicted octanol–water partition coefficient (Wildman–Crippen LogP) is 3.96. The van der Waals surface area contributed by atoms with Crippen molar-refractivity contribution in [1.82, 2.24) is 19.7 Å². The zero-order valence-electron chi connectivity index (χ0n) is 26.6. The summed E-state index contributed by atoms with van der Waals surface area (Å²) in [7, 11) is 0. The van der Waals surface area contributed by atoms with Crippen LogP contribution >= 0.6 is 0 Å². The fourth-order valence-corrected chi connectivity index (χ4v) is 6.11. The second-order valence-electron chi connectivity index (χ2n) is 13.2. The third-order valence-corrected chi connectivity index (χ3v) is 8.44. The number of amides is 2. The Morgan fingerprint density at radius 3 is 2.52 bits per heavy atom. The maximum Gasteiger partial charge on any atom is 0.410 e. The molecule has 44 heavy (non-hydrogen) atoms. The van der Waals surface area contributed by atoms with E-state index in [-0.39, 0.29) is 42.5 Å². The van der Waals surface area contributed by atoms with Crippen molar-refractivity contribution in [2.24, 2.45) is 0 Å². The minimum atomic E-state index is -0.593. The van der Waals surface area contributed by atoms with Gasteiger partial charge in [-0.1, -0.05) is 12.1 Å². The van der Waals surface area contributed by atoms with Gasteiger partial charge in [0.1, 0.15) is 17.1 Å². The Kier molecular flexibility index (Phi) is 10.1. The van der Waals surface area contributed by atoms with Crippen molar-refractivity contribution in [2.45, 2.75) is 71.2 Å². The topological polar surface area (TPSA) is 87.7 Å². The van der Waals surface area contributed by atoms with Crippen LogP contribution in [0.25, 0.3) is 0 Å². The summed E-state index contributed by atoms with van der Waals surface area (Å²) < 4.78 is 30.8. The number of piperazine rings is 1. The molecule has 2 amide bonds. The van der Waals surface area contributed by atoms with Crippen LogP contribution in [-0.4, -0.2) is 114 Å². The average molecular weight is 612 g/mol. The first-order valence-electron chi connectivity index (χ1n) is 15.7. The number of anilines is 1. The normalized spacial score (nSPS) is 23.5. The lowest BCUT2D eigenvalue weighted by molar-refractivity contribution is -0.121. The van der Waals surface area contributed by atoms with Crippen molar-refractivity contribution in [3.8, 4) is 5.88 Å². The van der Waals surface area contributed by atoms with Gasteiger partial charge in [-0.05, 0) is 76.8 Å². The highest BCUT2D eigenvalue weighted by Gasteiger charge is 2.39. The molecule has 0 radical (unpaired) electrons. The lowest BCUT2D eigenvalue weighted by Crippen LogP contribution is -2.64. The van der Waals surface area contributed by atoms with Gasteiger partial charge in [0.25, 0.3) is 0 Å². The van der Waals surface area contributed by atoms with Gasteiger partial charge in [-0.2, -0.15) is 0 Å². The van der Waals surface area contributed by atoms with Gasteiger partial charge < -0.3 is 24.0 Å². The minimum Gasteiger partial charge on any atom is -0.476 e. The maximum absolute atomic E-state index is 14.1. The van der Waals surface area contributed by atoms with Crippen LogP contribution < -0.4 is 9.64 Å². The van der Waals surface area contributed by atoms with E-state index < -0.39 is 5.60 Å². The molecule has 0 aliphatic carbocycles. The van der Waals surface area contributed by atoms with Crippen LogP contribution in [0.2, 0.25) is 0 Å². The number of nitrogens with zero attached hydrogens (tertiary/aromatic N) is 5. The van der Waals surface area contributed by atoms with E-state index in [1.165, 1.54) is 12.1 Å². The lowest BCUT2D eigenvalue weighted by Gasteiger charge is -2.47. The van der Waals surface area contributed by atoms with Gasteiger partial charge in [-0.15, -0.1) is 0 Å². The lowest BCUT2D eigenvalue weighted by atomic mass is 10.1. The molecular weight excluding hydrogens is 565 g/mol. The van der Waals surface area contributed by atoms with Crippen molar-refractivity contribution in [3.05, 3.63) is 53.5 Å². The second kappa shape index (κ2) is 13.8. The predicted molar refractivity (Wildman–Crippen MR) is 166 cm³/mol. The molecule has 3 atom stereocenters. The SMILES string of the molecule is C[C@@H]1COCCN1C[C@H]1CN(C(=O)OC(C)(C)C)[C@H](C)CN1CC(=O)N1CCCOc2ncc(Cc3ccc(F)cc3)cc21. The van der Waals surface area contributed by atoms with Gasteiger partial charge in [-0.25, -0.2) is 14.2 Å². The monoisotopic (exact) mass is 611 g/mol. The summed E-state index contributed by atoms with van der Waals surface area (Å²) in [5.74, 6) is 0.137. The molecule has 2 fully saturated rings. The van der Waals surface area contributed by atoms with E-state index in [1.807, 2.05) is 38.7 Å². The Hall–Kier alpha value is -3.28. The number of ether oxygens (including phenoxy) is 3. The highest BCUT2D eigenvalue weighted by atomic mass is 19.1. The maximum atomic E-state index is 14.1. The molecule has 0 N–H and O–H groups in total. The van der Waals surface area contributed by atoms with E-state index in [4.69, 9.17) is 14.2 Å². The number of fused-ring (bicyclic) bond motifs is 1. The minimum absolute atomic E-state index is 0.0320. The number of hydrogen-bond acceptors (Lipinski definition) is 8. The molecule has 0 bridgehead atoms. The van der Waals surface area contributed by atoms with Crippen molar-refractivity contribution in [3.63, 3.8) is 0 Å².